The Morgan fingerprint density at radius 3 is 2.81 bits per heavy atom. The van der Waals surface area contributed by atoms with Crippen molar-refractivity contribution in [2.24, 2.45) is 0 Å². The van der Waals surface area contributed by atoms with E-state index < -0.39 is 0 Å². The topological polar surface area (TPSA) is 67.6 Å². The Morgan fingerprint density at radius 1 is 1.26 bits per heavy atom. The molecule has 1 atom stereocenters. The van der Waals surface area contributed by atoms with Crippen LogP contribution in [-0.2, 0) is 11.3 Å². The number of amides is 1. The van der Waals surface area contributed by atoms with E-state index in [2.05, 4.69) is 10.2 Å². The van der Waals surface area contributed by atoms with Gasteiger partial charge in [0.2, 0.25) is 11.8 Å². The van der Waals surface area contributed by atoms with E-state index >= 15 is 0 Å². The molecule has 3 aromatic rings. The van der Waals surface area contributed by atoms with Gasteiger partial charge in [-0.15, -0.1) is 0 Å². The lowest BCUT2D eigenvalue weighted by Gasteiger charge is -2.32. The molecule has 0 bridgehead atoms. The highest BCUT2D eigenvalue weighted by atomic mass is 16.5. The van der Waals surface area contributed by atoms with Gasteiger partial charge in [-0.05, 0) is 31.4 Å². The number of oxazole rings is 1. The minimum absolute atomic E-state index is 0.0590. The zero-order valence-corrected chi connectivity index (χ0v) is 15.8. The Bertz CT molecular complexity index is 996. The third-order valence-corrected chi connectivity index (χ3v) is 5.21. The SMILES string of the molecule is COc1ccc(-c2nc(CN3CCNC(=O)[C@H]3C)c(C)o2)c2ccccc12. The van der Waals surface area contributed by atoms with E-state index in [1.807, 2.05) is 50.2 Å². The van der Waals surface area contributed by atoms with Gasteiger partial charge >= 0.3 is 0 Å². The number of aromatic nitrogens is 1. The van der Waals surface area contributed by atoms with Crippen LogP contribution in [0.1, 0.15) is 18.4 Å². The third-order valence-electron chi connectivity index (χ3n) is 5.21. The van der Waals surface area contributed by atoms with Crippen LogP contribution in [0, 0.1) is 6.92 Å². The van der Waals surface area contributed by atoms with Gasteiger partial charge in [-0.2, -0.15) is 0 Å². The summed E-state index contributed by atoms with van der Waals surface area (Å²) in [5.74, 6) is 2.26. The summed E-state index contributed by atoms with van der Waals surface area (Å²) in [6.45, 7) is 5.90. The molecule has 0 unspecified atom stereocenters. The van der Waals surface area contributed by atoms with Crippen molar-refractivity contribution in [3.63, 3.8) is 0 Å². The Morgan fingerprint density at radius 2 is 2.04 bits per heavy atom. The van der Waals surface area contributed by atoms with Crippen LogP contribution >= 0.6 is 0 Å². The van der Waals surface area contributed by atoms with Gasteiger partial charge < -0.3 is 14.5 Å². The van der Waals surface area contributed by atoms with Gasteiger partial charge in [0.15, 0.2) is 0 Å². The van der Waals surface area contributed by atoms with Crippen molar-refractivity contribution in [1.82, 2.24) is 15.2 Å². The molecule has 0 spiro atoms. The highest BCUT2D eigenvalue weighted by Gasteiger charge is 2.27. The summed E-state index contributed by atoms with van der Waals surface area (Å²) < 4.78 is 11.5. The van der Waals surface area contributed by atoms with E-state index in [1.54, 1.807) is 7.11 Å². The lowest BCUT2D eigenvalue weighted by Crippen LogP contribution is -2.53. The summed E-state index contributed by atoms with van der Waals surface area (Å²) in [4.78, 5) is 18.8. The molecule has 1 amide bonds. The monoisotopic (exact) mass is 365 g/mol. The van der Waals surface area contributed by atoms with Crippen LogP contribution in [0.15, 0.2) is 40.8 Å². The van der Waals surface area contributed by atoms with Crippen LogP contribution < -0.4 is 10.1 Å². The number of fused-ring (bicyclic) bond motifs is 1. The second kappa shape index (κ2) is 7.04. The zero-order valence-electron chi connectivity index (χ0n) is 15.8. The average Bonchev–Trinajstić information content (AvgIpc) is 3.04. The number of nitrogens with one attached hydrogen (secondary N) is 1. The van der Waals surface area contributed by atoms with E-state index in [1.165, 1.54) is 0 Å². The van der Waals surface area contributed by atoms with Crippen LogP contribution in [0.3, 0.4) is 0 Å². The maximum absolute atomic E-state index is 11.9. The quantitative estimate of drug-likeness (QED) is 0.769. The standard InChI is InChI=1S/C21H23N3O3/c1-13-20(25)22-10-11-24(13)12-18-14(2)27-21(23-18)17-8-9-19(26-3)16-7-5-4-6-15(16)17/h4-9,13H,10-12H2,1-3H3,(H,22,25)/t13-/m1/s1. The van der Waals surface area contributed by atoms with E-state index in [-0.39, 0.29) is 11.9 Å². The molecule has 1 aromatic heterocycles. The molecule has 6 nitrogen and oxygen atoms in total. The highest BCUT2D eigenvalue weighted by molar-refractivity contribution is 5.98. The fourth-order valence-electron chi connectivity index (χ4n) is 3.56. The molecule has 1 saturated heterocycles. The molecule has 2 heterocycles. The molecule has 1 aliphatic rings. The number of nitrogens with zero attached hydrogens (tertiary/aromatic N) is 2. The molecule has 1 fully saturated rings. The summed E-state index contributed by atoms with van der Waals surface area (Å²) in [5.41, 5.74) is 1.80. The van der Waals surface area contributed by atoms with Crippen LogP contribution in [0.4, 0.5) is 0 Å². The Kier molecular flexibility index (Phi) is 4.58. The fourth-order valence-corrected chi connectivity index (χ4v) is 3.56. The van der Waals surface area contributed by atoms with Gasteiger partial charge in [0.1, 0.15) is 11.5 Å². The first kappa shape index (κ1) is 17.5. The van der Waals surface area contributed by atoms with Crippen LogP contribution in [-0.4, -0.2) is 42.0 Å². The number of rotatable bonds is 4. The summed E-state index contributed by atoms with van der Waals surface area (Å²) in [6.07, 6.45) is 0. The molecule has 1 aliphatic heterocycles. The minimum Gasteiger partial charge on any atom is -0.496 e. The number of aryl methyl sites for hydroxylation is 1. The molecule has 1 N–H and O–H groups in total. The van der Waals surface area contributed by atoms with E-state index in [0.29, 0.717) is 19.0 Å². The first-order valence-corrected chi connectivity index (χ1v) is 9.12. The van der Waals surface area contributed by atoms with E-state index in [0.717, 1.165) is 40.1 Å². The minimum atomic E-state index is -0.167. The molecule has 2 aromatic carbocycles. The van der Waals surface area contributed by atoms with Crippen LogP contribution in [0.2, 0.25) is 0 Å². The Hall–Kier alpha value is -2.86. The van der Waals surface area contributed by atoms with Crippen molar-refractivity contribution in [2.75, 3.05) is 20.2 Å². The number of methoxy groups -OCH3 is 1. The van der Waals surface area contributed by atoms with E-state index in [9.17, 15) is 4.79 Å². The van der Waals surface area contributed by atoms with Gasteiger partial charge in [-0.25, -0.2) is 4.98 Å². The molecular formula is C21H23N3O3. The predicted molar refractivity (Wildman–Crippen MR) is 104 cm³/mol. The number of piperazine rings is 1. The van der Waals surface area contributed by atoms with Crippen molar-refractivity contribution < 1.29 is 13.9 Å². The Labute approximate surface area is 158 Å². The average molecular weight is 365 g/mol. The van der Waals surface area contributed by atoms with Crippen LogP contribution in [0.25, 0.3) is 22.2 Å². The highest BCUT2D eigenvalue weighted by Crippen LogP contribution is 2.34. The number of carbonyl (C=O) groups is 1. The van der Waals surface area contributed by atoms with Gasteiger partial charge in [-0.3, -0.25) is 9.69 Å². The van der Waals surface area contributed by atoms with Crippen LogP contribution in [0.5, 0.6) is 5.75 Å². The van der Waals surface area contributed by atoms with Gasteiger partial charge in [0.25, 0.3) is 0 Å². The molecule has 6 heteroatoms. The maximum atomic E-state index is 11.9. The first-order valence-electron chi connectivity index (χ1n) is 9.12. The first-order chi connectivity index (χ1) is 13.1. The number of carbonyl (C=O) groups excluding carboxylic acids is 1. The summed E-state index contributed by atoms with van der Waals surface area (Å²) in [6, 6.07) is 11.8. The summed E-state index contributed by atoms with van der Waals surface area (Å²) in [5, 5.41) is 4.95. The number of benzene rings is 2. The van der Waals surface area contributed by atoms with Gasteiger partial charge in [-0.1, -0.05) is 24.3 Å². The molecule has 0 saturated carbocycles. The van der Waals surface area contributed by atoms with Crippen molar-refractivity contribution in [1.29, 1.82) is 0 Å². The molecule has 27 heavy (non-hydrogen) atoms. The fraction of sp³-hybridized carbons (Fsp3) is 0.333. The predicted octanol–water partition coefficient (Wildman–Crippen LogP) is 3.13. The number of ether oxygens (including phenoxy) is 1. The van der Waals surface area contributed by atoms with Gasteiger partial charge in [0, 0.05) is 30.6 Å². The van der Waals surface area contributed by atoms with Crippen molar-refractivity contribution in [2.45, 2.75) is 26.4 Å². The second-order valence-electron chi connectivity index (χ2n) is 6.82. The lowest BCUT2D eigenvalue weighted by molar-refractivity contribution is -0.128. The van der Waals surface area contributed by atoms with E-state index in [4.69, 9.17) is 14.1 Å². The molecule has 0 aliphatic carbocycles. The molecule has 0 radical (unpaired) electrons. The van der Waals surface area contributed by atoms with Crippen molar-refractivity contribution in [3.8, 4) is 17.2 Å². The lowest BCUT2D eigenvalue weighted by atomic mass is 10.0. The zero-order chi connectivity index (χ0) is 19.0. The molecule has 4 rings (SSSR count). The smallest absolute Gasteiger partial charge is 0.237 e. The van der Waals surface area contributed by atoms with Crippen molar-refractivity contribution in [3.05, 3.63) is 47.9 Å². The maximum Gasteiger partial charge on any atom is 0.237 e. The molecule has 140 valence electrons. The number of hydrogen-bond donors (Lipinski definition) is 1. The Balaban J connectivity index is 1.70. The van der Waals surface area contributed by atoms with Gasteiger partial charge in [0.05, 0.1) is 18.8 Å². The summed E-state index contributed by atoms with van der Waals surface area (Å²) in [7, 11) is 1.67. The largest absolute Gasteiger partial charge is 0.496 e. The number of hydrogen-bond acceptors (Lipinski definition) is 5. The third kappa shape index (κ3) is 3.17. The summed E-state index contributed by atoms with van der Waals surface area (Å²) >= 11 is 0. The normalized spacial score (nSPS) is 17.9. The van der Waals surface area contributed by atoms with Crippen molar-refractivity contribution >= 4 is 16.7 Å². The molecular weight excluding hydrogens is 342 g/mol. The second-order valence-corrected chi connectivity index (χ2v) is 6.82.